The summed E-state index contributed by atoms with van der Waals surface area (Å²) in [5.74, 6) is 1.16. The molecule has 0 aromatic rings. The Balaban J connectivity index is 0.000000461. The van der Waals surface area contributed by atoms with Crippen LogP contribution in [0, 0.1) is 23.2 Å². The second-order valence-corrected chi connectivity index (χ2v) is 3.10. The number of hydrogen-bond acceptors (Lipinski definition) is 1. The zero-order chi connectivity index (χ0) is 8.69. The first-order valence-corrected chi connectivity index (χ1v) is 4.72. The molecule has 0 aliphatic heterocycles. The van der Waals surface area contributed by atoms with E-state index in [-0.39, 0.29) is 0 Å². The van der Waals surface area contributed by atoms with E-state index in [0.29, 0.717) is 5.92 Å². The van der Waals surface area contributed by atoms with E-state index in [1.165, 1.54) is 12.8 Å². The summed E-state index contributed by atoms with van der Waals surface area (Å²) in [7, 11) is 0. The predicted octanol–water partition coefficient (Wildman–Crippen LogP) is 3.36. The average Bonchev–Trinajstić information content (AvgIpc) is 2.08. The normalized spacial score (nSPS) is 29.6. The molecule has 1 aliphatic rings. The molecule has 1 heteroatoms. The minimum absolute atomic E-state index is 0.369. The summed E-state index contributed by atoms with van der Waals surface area (Å²) >= 11 is 0. The molecule has 1 nitrogen and oxygen atoms in total. The van der Waals surface area contributed by atoms with E-state index in [1.54, 1.807) is 0 Å². The molecule has 1 rings (SSSR count). The fourth-order valence-corrected chi connectivity index (χ4v) is 1.55. The number of nitrogens with zero attached hydrogens (tertiary/aromatic N) is 1. The van der Waals surface area contributed by atoms with Gasteiger partial charge in [-0.15, -0.1) is 0 Å². The molecule has 1 aliphatic carbocycles. The zero-order valence-electron chi connectivity index (χ0n) is 7.93. The number of rotatable bonds is 0. The molecule has 0 N–H and O–H groups in total. The Morgan fingerprint density at radius 3 is 2.27 bits per heavy atom. The second-order valence-electron chi connectivity index (χ2n) is 3.10. The minimum Gasteiger partial charge on any atom is -0.198 e. The van der Waals surface area contributed by atoms with Crippen molar-refractivity contribution in [1.29, 1.82) is 5.26 Å². The molecule has 0 bridgehead atoms. The van der Waals surface area contributed by atoms with E-state index >= 15 is 0 Å². The molecule has 0 aromatic heterocycles. The lowest BCUT2D eigenvalue weighted by atomic mass is 9.83. The maximum atomic E-state index is 8.56. The first-order chi connectivity index (χ1) is 5.33. The van der Waals surface area contributed by atoms with E-state index in [4.69, 9.17) is 5.26 Å². The number of nitriles is 1. The van der Waals surface area contributed by atoms with Crippen molar-refractivity contribution < 1.29 is 0 Å². The molecule has 1 fully saturated rings. The van der Waals surface area contributed by atoms with Crippen LogP contribution in [0.4, 0.5) is 0 Å². The highest BCUT2D eigenvalue weighted by molar-refractivity contribution is 4.86. The van der Waals surface area contributed by atoms with Crippen LogP contribution in [0.15, 0.2) is 0 Å². The van der Waals surface area contributed by atoms with Crippen molar-refractivity contribution in [3.63, 3.8) is 0 Å². The van der Waals surface area contributed by atoms with Gasteiger partial charge >= 0.3 is 0 Å². The molecule has 2 atom stereocenters. The van der Waals surface area contributed by atoms with Gasteiger partial charge in [0.1, 0.15) is 0 Å². The largest absolute Gasteiger partial charge is 0.198 e. The molecule has 0 amide bonds. The summed E-state index contributed by atoms with van der Waals surface area (Å²) in [6.07, 6.45) is 4.87. The fraction of sp³-hybridized carbons (Fsp3) is 0.900. The zero-order valence-corrected chi connectivity index (χ0v) is 7.93. The van der Waals surface area contributed by atoms with Gasteiger partial charge in [-0.2, -0.15) is 5.26 Å². The van der Waals surface area contributed by atoms with Crippen molar-refractivity contribution in [1.82, 2.24) is 0 Å². The summed E-state index contributed by atoms with van der Waals surface area (Å²) in [6, 6.07) is 2.33. The lowest BCUT2D eigenvalue weighted by Crippen LogP contribution is -2.10. The topological polar surface area (TPSA) is 23.8 Å². The molecular formula is C10H19N. The van der Waals surface area contributed by atoms with Gasteiger partial charge in [0.15, 0.2) is 0 Å². The molecule has 0 aromatic carbocycles. The molecule has 0 heterocycles. The fourth-order valence-electron chi connectivity index (χ4n) is 1.55. The van der Waals surface area contributed by atoms with Crippen LogP contribution in [0.25, 0.3) is 0 Å². The van der Waals surface area contributed by atoms with E-state index in [1.807, 2.05) is 13.8 Å². The van der Waals surface area contributed by atoms with Crippen LogP contribution >= 0.6 is 0 Å². The Morgan fingerprint density at radius 2 is 1.91 bits per heavy atom. The van der Waals surface area contributed by atoms with Gasteiger partial charge < -0.3 is 0 Å². The molecular weight excluding hydrogens is 134 g/mol. The van der Waals surface area contributed by atoms with Crippen molar-refractivity contribution in [3.05, 3.63) is 0 Å². The Hall–Kier alpha value is -0.510. The van der Waals surface area contributed by atoms with Crippen LogP contribution in [-0.2, 0) is 0 Å². The lowest BCUT2D eigenvalue weighted by molar-refractivity contribution is 0.331. The monoisotopic (exact) mass is 153 g/mol. The van der Waals surface area contributed by atoms with Crippen molar-refractivity contribution in [2.75, 3.05) is 0 Å². The lowest BCUT2D eigenvalue weighted by Gasteiger charge is -2.20. The van der Waals surface area contributed by atoms with Gasteiger partial charge in [0.05, 0.1) is 6.07 Å². The minimum atomic E-state index is 0.369. The molecule has 64 valence electrons. The highest BCUT2D eigenvalue weighted by Crippen LogP contribution is 2.27. The van der Waals surface area contributed by atoms with Crippen LogP contribution in [0.5, 0.6) is 0 Å². The Labute approximate surface area is 70.4 Å². The van der Waals surface area contributed by atoms with Crippen LogP contribution < -0.4 is 0 Å². The van der Waals surface area contributed by atoms with Crippen LogP contribution in [-0.4, -0.2) is 0 Å². The molecule has 0 radical (unpaired) electrons. The highest BCUT2D eigenvalue weighted by atomic mass is 14.3. The third-order valence-corrected chi connectivity index (χ3v) is 2.12. The van der Waals surface area contributed by atoms with Gasteiger partial charge in [0.2, 0.25) is 0 Å². The van der Waals surface area contributed by atoms with Gasteiger partial charge in [-0.25, -0.2) is 0 Å². The highest BCUT2D eigenvalue weighted by Gasteiger charge is 2.17. The maximum absolute atomic E-state index is 8.56. The van der Waals surface area contributed by atoms with Gasteiger partial charge in [0, 0.05) is 5.92 Å². The Kier molecular flexibility index (Phi) is 5.93. The maximum Gasteiger partial charge on any atom is 0.0655 e. The first-order valence-electron chi connectivity index (χ1n) is 4.72. The van der Waals surface area contributed by atoms with Crippen LogP contribution in [0.1, 0.15) is 46.5 Å². The van der Waals surface area contributed by atoms with Gasteiger partial charge in [-0.3, -0.25) is 0 Å². The predicted molar refractivity (Wildman–Crippen MR) is 48.1 cm³/mol. The summed E-state index contributed by atoms with van der Waals surface area (Å²) < 4.78 is 0. The quantitative estimate of drug-likeness (QED) is 0.523. The summed E-state index contributed by atoms with van der Waals surface area (Å²) in [5, 5.41) is 8.56. The summed E-state index contributed by atoms with van der Waals surface area (Å²) in [6.45, 7) is 6.24. The number of hydrogen-bond donors (Lipinski definition) is 0. The Morgan fingerprint density at radius 1 is 1.27 bits per heavy atom. The van der Waals surface area contributed by atoms with Crippen molar-refractivity contribution in [2.45, 2.75) is 46.5 Å². The Bertz CT molecular complexity index is 123. The van der Waals surface area contributed by atoms with Crippen molar-refractivity contribution in [3.8, 4) is 6.07 Å². The summed E-state index contributed by atoms with van der Waals surface area (Å²) in [5.41, 5.74) is 0. The molecule has 0 spiro atoms. The molecule has 0 saturated heterocycles. The van der Waals surface area contributed by atoms with E-state index in [2.05, 4.69) is 13.0 Å². The third-order valence-electron chi connectivity index (χ3n) is 2.12. The van der Waals surface area contributed by atoms with Crippen molar-refractivity contribution in [2.24, 2.45) is 11.8 Å². The summed E-state index contributed by atoms with van der Waals surface area (Å²) in [4.78, 5) is 0. The van der Waals surface area contributed by atoms with Crippen molar-refractivity contribution >= 4 is 0 Å². The second kappa shape index (κ2) is 6.22. The molecule has 1 saturated carbocycles. The van der Waals surface area contributed by atoms with Gasteiger partial charge in [-0.1, -0.05) is 33.6 Å². The van der Waals surface area contributed by atoms with Crippen LogP contribution in [0.3, 0.4) is 0 Å². The third kappa shape index (κ3) is 4.03. The van der Waals surface area contributed by atoms with Gasteiger partial charge in [0.25, 0.3) is 0 Å². The van der Waals surface area contributed by atoms with E-state index < -0.39 is 0 Å². The molecule has 11 heavy (non-hydrogen) atoms. The average molecular weight is 153 g/mol. The molecule has 2 unspecified atom stereocenters. The van der Waals surface area contributed by atoms with E-state index in [0.717, 1.165) is 18.8 Å². The van der Waals surface area contributed by atoms with Crippen LogP contribution in [0.2, 0.25) is 0 Å². The van der Waals surface area contributed by atoms with E-state index in [9.17, 15) is 0 Å². The van der Waals surface area contributed by atoms with Gasteiger partial charge in [-0.05, 0) is 18.8 Å². The smallest absolute Gasteiger partial charge is 0.0655 e. The standard InChI is InChI=1S/C8H13N.C2H6/c1-7-3-2-4-8(5-7)6-9;1-2/h7-8H,2-5H2,1H3;1-2H3. The first kappa shape index (κ1) is 10.5. The SMILES string of the molecule is CC.CC1CCCC(C#N)C1.